The Balaban J connectivity index is 4.05. The van der Waals surface area contributed by atoms with Crippen molar-refractivity contribution in [2.75, 3.05) is 0 Å². The second-order valence-electron chi connectivity index (χ2n) is 2.01. The van der Waals surface area contributed by atoms with Gasteiger partial charge in [-0.25, -0.2) is 9.59 Å². The predicted molar refractivity (Wildman–Crippen MR) is 36.4 cm³/mol. The zero-order chi connectivity index (χ0) is 9.56. The van der Waals surface area contributed by atoms with Crippen LogP contribution in [0.1, 0.15) is 12.8 Å². The van der Waals surface area contributed by atoms with Crippen LogP contribution in [0.4, 0.5) is 0 Å². The largest absolute Gasteiger partial charge is 0.481 e. The van der Waals surface area contributed by atoms with E-state index in [4.69, 9.17) is 10.2 Å². The Morgan fingerprint density at radius 2 is 2.00 bits per heavy atom. The van der Waals surface area contributed by atoms with Crippen molar-refractivity contribution in [3.8, 4) is 0 Å². The van der Waals surface area contributed by atoms with E-state index in [1.54, 1.807) is 0 Å². The van der Waals surface area contributed by atoms with E-state index < -0.39 is 18.0 Å². The zero-order valence-electron chi connectivity index (χ0n) is 6.06. The number of carboxylic acid groups (broad SMARTS) is 2. The molecule has 0 unspecified atom stereocenters. The van der Waals surface area contributed by atoms with E-state index in [-0.39, 0.29) is 12.8 Å². The van der Waals surface area contributed by atoms with Gasteiger partial charge in [-0.3, -0.25) is 4.79 Å². The molecule has 6 nitrogen and oxygen atoms in total. The lowest BCUT2D eigenvalue weighted by atomic mass is 10.2. The van der Waals surface area contributed by atoms with Crippen molar-refractivity contribution in [1.82, 2.24) is 0 Å². The molecule has 0 spiro atoms. The lowest BCUT2D eigenvalue weighted by Gasteiger charge is -2.00. The van der Waals surface area contributed by atoms with Crippen LogP contribution in [-0.2, 0) is 14.4 Å². The van der Waals surface area contributed by atoms with Gasteiger partial charge >= 0.3 is 11.9 Å². The van der Waals surface area contributed by atoms with E-state index in [1.807, 2.05) is 0 Å². The van der Waals surface area contributed by atoms with Gasteiger partial charge in [-0.15, -0.1) is 0 Å². The molecule has 0 saturated carbocycles. The number of isocyanates is 1. The molecule has 0 amide bonds. The Hall–Kier alpha value is -1.68. The molecule has 0 bridgehead atoms. The monoisotopic (exact) mass is 173 g/mol. The van der Waals surface area contributed by atoms with Gasteiger partial charge in [0.2, 0.25) is 6.08 Å². The van der Waals surface area contributed by atoms with Gasteiger partial charge in [0.25, 0.3) is 0 Å². The molecule has 1 atom stereocenters. The van der Waals surface area contributed by atoms with Crippen LogP contribution >= 0.6 is 0 Å². The lowest BCUT2D eigenvalue weighted by molar-refractivity contribution is -0.139. The number of rotatable bonds is 5. The Labute approximate surface area is 67.5 Å². The molecule has 12 heavy (non-hydrogen) atoms. The summed E-state index contributed by atoms with van der Waals surface area (Å²) in [6, 6.07) is -1.29. The maximum absolute atomic E-state index is 10.2. The Bertz CT molecular complexity index is 228. The molecule has 2 N–H and O–H groups in total. The summed E-state index contributed by atoms with van der Waals surface area (Å²) in [7, 11) is 0. The van der Waals surface area contributed by atoms with E-state index in [9.17, 15) is 14.4 Å². The first-order chi connectivity index (χ1) is 5.57. The van der Waals surface area contributed by atoms with Crippen molar-refractivity contribution in [1.29, 1.82) is 0 Å². The molecule has 0 aromatic rings. The minimum atomic E-state index is -1.32. The third-order valence-corrected chi connectivity index (χ3v) is 1.13. The maximum Gasteiger partial charge on any atom is 0.329 e. The molecule has 0 aliphatic rings. The summed E-state index contributed by atoms with van der Waals surface area (Å²) < 4.78 is 0. The summed E-state index contributed by atoms with van der Waals surface area (Å²) in [6.45, 7) is 0. The maximum atomic E-state index is 10.2. The van der Waals surface area contributed by atoms with Gasteiger partial charge in [-0.1, -0.05) is 0 Å². The van der Waals surface area contributed by atoms with Crippen LogP contribution in [0.25, 0.3) is 0 Å². The minimum absolute atomic E-state index is 0.195. The Morgan fingerprint density at radius 1 is 1.42 bits per heavy atom. The number of aliphatic imine (C=N–C) groups is 1. The second kappa shape index (κ2) is 5.03. The number of aliphatic carboxylic acids is 2. The summed E-state index contributed by atoms with van der Waals surface area (Å²) in [5, 5.41) is 16.5. The highest BCUT2D eigenvalue weighted by Crippen LogP contribution is 2.01. The fourth-order valence-electron chi connectivity index (χ4n) is 0.567. The van der Waals surface area contributed by atoms with Crippen molar-refractivity contribution in [3.63, 3.8) is 0 Å². The predicted octanol–water partition coefficient (Wildman–Crippen LogP) is -0.360. The first-order valence-corrected chi connectivity index (χ1v) is 3.09. The minimum Gasteiger partial charge on any atom is -0.481 e. The number of hydrogen-bond acceptors (Lipinski definition) is 4. The number of carbonyl (C=O) groups excluding carboxylic acids is 1. The van der Waals surface area contributed by atoms with Crippen LogP contribution < -0.4 is 0 Å². The number of carboxylic acids is 2. The van der Waals surface area contributed by atoms with Gasteiger partial charge in [0.1, 0.15) is 0 Å². The first-order valence-electron chi connectivity index (χ1n) is 3.09. The van der Waals surface area contributed by atoms with E-state index in [0.29, 0.717) is 0 Å². The average Bonchev–Trinajstić information content (AvgIpc) is 1.96. The van der Waals surface area contributed by atoms with Gasteiger partial charge in [-0.05, 0) is 6.42 Å². The molecule has 0 heterocycles. The van der Waals surface area contributed by atoms with Crippen molar-refractivity contribution in [2.24, 2.45) is 4.99 Å². The summed E-state index contributed by atoms with van der Waals surface area (Å²) >= 11 is 0. The van der Waals surface area contributed by atoms with Gasteiger partial charge in [0.15, 0.2) is 6.04 Å². The van der Waals surface area contributed by atoms with Crippen molar-refractivity contribution in [3.05, 3.63) is 0 Å². The molecule has 0 aliphatic heterocycles. The smallest absolute Gasteiger partial charge is 0.329 e. The third-order valence-electron chi connectivity index (χ3n) is 1.13. The highest BCUT2D eigenvalue weighted by atomic mass is 16.4. The highest BCUT2D eigenvalue weighted by Gasteiger charge is 2.16. The first kappa shape index (κ1) is 10.3. The van der Waals surface area contributed by atoms with Crippen LogP contribution in [0.2, 0.25) is 0 Å². The molecule has 0 rings (SSSR count). The normalized spacial score (nSPS) is 11.3. The van der Waals surface area contributed by atoms with Crippen LogP contribution in [0, 0.1) is 0 Å². The molecule has 0 saturated heterocycles. The summed E-state index contributed by atoms with van der Waals surface area (Å²) in [6.07, 6.45) is 0.548. The molecular weight excluding hydrogens is 166 g/mol. The molecule has 0 aliphatic carbocycles. The Morgan fingerprint density at radius 3 is 2.33 bits per heavy atom. The molecule has 66 valence electrons. The van der Waals surface area contributed by atoms with E-state index in [2.05, 4.69) is 4.99 Å². The molecule has 6 heteroatoms. The summed E-state index contributed by atoms with van der Waals surface area (Å²) in [4.78, 5) is 32.8. The Kier molecular flexibility index (Phi) is 4.33. The van der Waals surface area contributed by atoms with E-state index in [0.717, 1.165) is 6.08 Å². The molecule has 0 aromatic heterocycles. The average molecular weight is 173 g/mol. The van der Waals surface area contributed by atoms with Crippen molar-refractivity contribution in [2.45, 2.75) is 18.9 Å². The quantitative estimate of drug-likeness (QED) is 0.436. The number of carbonyl (C=O) groups is 2. The van der Waals surface area contributed by atoms with Crippen LogP contribution in [-0.4, -0.2) is 34.3 Å². The fraction of sp³-hybridized carbons (Fsp3) is 0.500. The van der Waals surface area contributed by atoms with Crippen LogP contribution in [0.5, 0.6) is 0 Å². The fourth-order valence-corrected chi connectivity index (χ4v) is 0.567. The molecule has 0 fully saturated rings. The van der Waals surface area contributed by atoms with Gasteiger partial charge in [0.05, 0.1) is 0 Å². The van der Waals surface area contributed by atoms with Crippen molar-refractivity contribution >= 4 is 18.0 Å². The molecular formula is C6H7NO5. The van der Waals surface area contributed by atoms with Gasteiger partial charge in [-0.2, -0.15) is 4.99 Å². The molecule has 0 radical (unpaired) electrons. The standard InChI is InChI=1S/C6H7NO5/c8-3-7-4(6(11)12)1-2-5(9)10/h4H,1-2H2,(H,9,10)(H,11,12)/t4-/m1/s1. The highest BCUT2D eigenvalue weighted by molar-refractivity contribution is 5.76. The van der Waals surface area contributed by atoms with Crippen LogP contribution in [0.3, 0.4) is 0 Å². The van der Waals surface area contributed by atoms with E-state index >= 15 is 0 Å². The topological polar surface area (TPSA) is 104 Å². The second-order valence-corrected chi connectivity index (χ2v) is 2.01. The van der Waals surface area contributed by atoms with Crippen molar-refractivity contribution < 1.29 is 24.6 Å². The number of nitrogens with zero attached hydrogens (tertiary/aromatic N) is 1. The number of hydrogen-bond donors (Lipinski definition) is 2. The SMILES string of the molecule is O=C=N[C@H](CCC(=O)O)C(=O)O. The lowest BCUT2D eigenvalue weighted by Crippen LogP contribution is -2.18. The zero-order valence-corrected chi connectivity index (χ0v) is 6.06. The third kappa shape index (κ3) is 4.19. The summed E-state index contributed by atoms with van der Waals surface area (Å²) in [5.74, 6) is -2.44. The van der Waals surface area contributed by atoms with E-state index in [1.165, 1.54) is 0 Å². The van der Waals surface area contributed by atoms with Gasteiger partial charge < -0.3 is 10.2 Å². The molecule has 0 aromatic carbocycles. The van der Waals surface area contributed by atoms with Gasteiger partial charge in [0, 0.05) is 6.42 Å². The van der Waals surface area contributed by atoms with Crippen LogP contribution in [0.15, 0.2) is 4.99 Å². The summed E-state index contributed by atoms with van der Waals surface area (Å²) in [5.41, 5.74) is 0.